The number of aryl methyl sites for hydroxylation is 1. The fourth-order valence-corrected chi connectivity index (χ4v) is 3.29. The summed E-state index contributed by atoms with van der Waals surface area (Å²) < 4.78 is 6.50. The van der Waals surface area contributed by atoms with Crippen LogP contribution < -0.4 is 5.56 Å². The Morgan fingerprint density at radius 2 is 2.20 bits per heavy atom. The van der Waals surface area contributed by atoms with Gasteiger partial charge >= 0.3 is 5.97 Å². The van der Waals surface area contributed by atoms with Gasteiger partial charge in [0, 0.05) is 28.2 Å². The van der Waals surface area contributed by atoms with E-state index in [0.717, 1.165) is 17.8 Å². The number of nitro benzene ring substituents is 1. The van der Waals surface area contributed by atoms with Crippen molar-refractivity contribution in [2.24, 2.45) is 0 Å². The first-order valence-electron chi connectivity index (χ1n) is 6.94. The van der Waals surface area contributed by atoms with Crippen molar-refractivity contribution in [3.05, 3.63) is 72.1 Å². The van der Waals surface area contributed by atoms with E-state index in [1.165, 1.54) is 27.9 Å². The number of nitrogens with zero attached hydrogens (tertiary/aromatic N) is 3. The first-order chi connectivity index (χ1) is 11.9. The highest BCUT2D eigenvalue weighted by Crippen LogP contribution is 2.23. The number of hydrogen-bond donors (Lipinski definition) is 0. The summed E-state index contributed by atoms with van der Waals surface area (Å²) in [5.74, 6) is -0.918. The molecule has 0 unspecified atom stereocenters. The van der Waals surface area contributed by atoms with Crippen LogP contribution in [0, 0.1) is 17.0 Å². The number of halogens is 1. The number of fused-ring (bicyclic) bond motifs is 1. The van der Waals surface area contributed by atoms with Gasteiger partial charge in [-0.2, -0.15) is 0 Å². The van der Waals surface area contributed by atoms with Crippen LogP contribution in [0.4, 0.5) is 5.69 Å². The second-order valence-electron chi connectivity index (χ2n) is 5.08. The van der Waals surface area contributed by atoms with E-state index in [4.69, 9.17) is 16.3 Å². The van der Waals surface area contributed by atoms with E-state index in [2.05, 4.69) is 4.98 Å². The van der Waals surface area contributed by atoms with Crippen LogP contribution in [0.25, 0.3) is 4.96 Å². The van der Waals surface area contributed by atoms with Crippen LogP contribution in [0.3, 0.4) is 0 Å². The molecule has 0 aliphatic carbocycles. The predicted octanol–water partition coefficient (Wildman–Crippen LogP) is 2.98. The highest BCUT2D eigenvalue weighted by molar-refractivity contribution is 7.15. The van der Waals surface area contributed by atoms with Gasteiger partial charge in [0.2, 0.25) is 0 Å². The Hall–Kier alpha value is -2.78. The van der Waals surface area contributed by atoms with Crippen molar-refractivity contribution in [3.8, 4) is 0 Å². The van der Waals surface area contributed by atoms with Crippen LogP contribution in [0.15, 0.2) is 34.4 Å². The largest absolute Gasteiger partial charge is 0.455 e. The van der Waals surface area contributed by atoms with Crippen LogP contribution in [-0.2, 0) is 11.3 Å². The average molecular weight is 380 g/mol. The second kappa shape index (κ2) is 6.61. The second-order valence-corrected chi connectivity index (χ2v) is 6.35. The standard InChI is InChI=1S/C15H10ClN3O5S/c1-8-7-25-15-17-10(5-13(20)18(8)15)6-24-14(21)11-4-9(16)2-3-12(11)19(22)23/h2-5,7H,6H2,1H3. The molecule has 8 nitrogen and oxygen atoms in total. The number of esters is 1. The SMILES string of the molecule is Cc1csc2nc(COC(=O)c3cc(Cl)ccc3[N+](=O)[O-])cc(=O)n12. The quantitative estimate of drug-likeness (QED) is 0.392. The molecular formula is C15H10ClN3O5S. The van der Waals surface area contributed by atoms with E-state index in [-0.39, 0.29) is 28.4 Å². The maximum Gasteiger partial charge on any atom is 0.345 e. The lowest BCUT2D eigenvalue weighted by Crippen LogP contribution is -2.16. The number of hydrogen-bond acceptors (Lipinski definition) is 7. The third kappa shape index (κ3) is 3.37. The maximum atomic E-state index is 12.2. The number of rotatable bonds is 4. The van der Waals surface area contributed by atoms with Crippen LogP contribution >= 0.6 is 22.9 Å². The molecular weight excluding hydrogens is 370 g/mol. The van der Waals surface area contributed by atoms with Gasteiger partial charge in [0.1, 0.15) is 12.2 Å². The smallest absolute Gasteiger partial charge is 0.345 e. The number of nitro groups is 1. The van der Waals surface area contributed by atoms with Crippen molar-refractivity contribution < 1.29 is 14.5 Å². The molecule has 0 amide bonds. The number of aromatic nitrogens is 2. The van der Waals surface area contributed by atoms with E-state index >= 15 is 0 Å². The van der Waals surface area contributed by atoms with Crippen molar-refractivity contribution in [1.29, 1.82) is 0 Å². The van der Waals surface area contributed by atoms with Gasteiger partial charge in [-0.05, 0) is 19.1 Å². The van der Waals surface area contributed by atoms with Gasteiger partial charge in [-0.15, -0.1) is 11.3 Å². The third-order valence-corrected chi connectivity index (χ3v) is 4.53. The first-order valence-corrected chi connectivity index (χ1v) is 8.20. The highest BCUT2D eigenvalue weighted by atomic mass is 35.5. The van der Waals surface area contributed by atoms with Crippen molar-refractivity contribution in [3.63, 3.8) is 0 Å². The predicted molar refractivity (Wildman–Crippen MR) is 91.3 cm³/mol. The van der Waals surface area contributed by atoms with E-state index in [0.29, 0.717) is 4.96 Å². The summed E-state index contributed by atoms with van der Waals surface area (Å²) in [7, 11) is 0. The summed E-state index contributed by atoms with van der Waals surface area (Å²) in [4.78, 5) is 39.2. The summed E-state index contributed by atoms with van der Waals surface area (Å²) >= 11 is 7.07. The zero-order valence-corrected chi connectivity index (χ0v) is 14.3. The molecule has 0 saturated heterocycles. The molecule has 0 spiro atoms. The topological polar surface area (TPSA) is 104 Å². The monoisotopic (exact) mass is 379 g/mol. The fraction of sp³-hybridized carbons (Fsp3) is 0.133. The molecule has 0 fully saturated rings. The Bertz CT molecular complexity index is 1060. The number of ether oxygens (including phenoxy) is 1. The number of benzene rings is 1. The number of carbonyl (C=O) groups excluding carboxylic acids is 1. The Labute approximate surface area is 149 Å². The molecule has 0 N–H and O–H groups in total. The average Bonchev–Trinajstić information content (AvgIpc) is 2.93. The summed E-state index contributed by atoms with van der Waals surface area (Å²) in [5, 5.41) is 13.0. The van der Waals surface area contributed by atoms with Crippen LogP contribution in [0.5, 0.6) is 0 Å². The van der Waals surface area contributed by atoms with Gasteiger partial charge in [0.25, 0.3) is 11.2 Å². The Morgan fingerprint density at radius 3 is 2.92 bits per heavy atom. The molecule has 10 heteroatoms. The lowest BCUT2D eigenvalue weighted by Gasteiger charge is -2.06. The van der Waals surface area contributed by atoms with Crippen molar-refractivity contribution in [2.75, 3.05) is 0 Å². The molecule has 25 heavy (non-hydrogen) atoms. The minimum absolute atomic E-state index is 0.171. The molecule has 0 saturated carbocycles. The fourth-order valence-electron chi connectivity index (χ4n) is 2.22. The Morgan fingerprint density at radius 1 is 1.44 bits per heavy atom. The van der Waals surface area contributed by atoms with Crippen molar-refractivity contribution >= 4 is 39.6 Å². The highest BCUT2D eigenvalue weighted by Gasteiger charge is 2.22. The minimum Gasteiger partial charge on any atom is -0.455 e. The lowest BCUT2D eigenvalue weighted by atomic mass is 10.2. The lowest BCUT2D eigenvalue weighted by molar-refractivity contribution is -0.385. The van der Waals surface area contributed by atoms with Crippen LogP contribution in [0.1, 0.15) is 21.7 Å². The molecule has 0 aliphatic rings. The molecule has 2 heterocycles. The summed E-state index contributed by atoms with van der Waals surface area (Å²) in [5.41, 5.74) is 0.0537. The van der Waals surface area contributed by atoms with E-state index in [1.807, 2.05) is 0 Å². The van der Waals surface area contributed by atoms with Crippen molar-refractivity contribution in [2.45, 2.75) is 13.5 Å². The summed E-state index contributed by atoms with van der Waals surface area (Å²) in [6.45, 7) is 1.50. The van der Waals surface area contributed by atoms with Crippen LogP contribution in [0.2, 0.25) is 5.02 Å². The molecule has 128 valence electrons. The third-order valence-electron chi connectivity index (χ3n) is 3.35. The van der Waals surface area contributed by atoms with Crippen molar-refractivity contribution in [1.82, 2.24) is 9.38 Å². The summed E-state index contributed by atoms with van der Waals surface area (Å²) in [6.07, 6.45) is 0. The molecule has 1 aromatic carbocycles. The van der Waals surface area contributed by atoms with Gasteiger partial charge in [-0.3, -0.25) is 19.3 Å². The van der Waals surface area contributed by atoms with Crippen LogP contribution in [-0.4, -0.2) is 20.3 Å². The Balaban J connectivity index is 1.85. The Kier molecular flexibility index (Phi) is 4.51. The summed E-state index contributed by atoms with van der Waals surface area (Å²) in [6, 6.07) is 4.86. The minimum atomic E-state index is -0.918. The van der Waals surface area contributed by atoms with Gasteiger partial charge in [0.15, 0.2) is 4.96 Å². The number of thiazole rings is 1. The molecule has 2 aromatic heterocycles. The van der Waals surface area contributed by atoms with E-state index < -0.39 is 16.6 Å². The number of carbonyl (C=O) groups is 1. The first kappa shape index (κ1) is 17.1. The normalized spacial score (nSPS) is 10.8. The molecule has 0 radical (unpaired) electrons. The molecule has 0 bridgehead atoms. The van der Waals surface area contributed by atoms with Gasteiger partial charge < -0.3 is 4.74 Å². The van der Waals surface area contributed by atoms with Gasteiger partial charge in [-0.25, -0.2) is 9.78 Å². The maximum absolute atomic E-state index is 12.2. The molecule has 0 atom stereocenters. The zero-order chi connectivity index (χ0) is 18.1. The van der Waals surface area contributed by atoms with Gasteiger partial charge in [-0.1, -0.05) is 11.6 Å². The zero-order valence-electron chi connectivity index (χ0n) is 12.8. The molecule has 3 rings (SSSR count). The van der Waals surface area contributed by atoms with Gasteiger partial charge in [0.05, 0.1) is 10.6 Å². The molecule has 0 aliphatic heterocycles. The van der Waals surface area contributed by atoms with E-state index in [1.54, 1.807) is 12.3 Å². The molecule has 3 aromatic rings. The van der Waals surface area contributed by atoms with E-state index in [9.17, 15) is 19.7 Å².